The van der Waals surface area contributed by atoms with Gasteiger partial charge in [0.1, 0.15) is 0 Å². The number of hydrogen-bond acceptors (Lipinski definition) is 4. The van der Waals surface area contributed by atoms with Gasteiger partial charge >= 0.3 is 5.97 Å². The minimum absolute atomic E-state index is 0.0971. The molecule has 0 bridgehead atoms. The monoisotopic (exact) mass is 302 g/mol. The van der Waals surface area contributed by atoms with Crippen molar-refractivity contribution in [1.29, 1.82) is 0 Å². The van der Waals surface area contributed by atoms with Crippen molar-refractivity contribution < 1.29 is 24.5 Å². The highest BCUT2D eigenvalue weighted by Gasteiger charge is 2.43. The zero-order chi connectivity index (χ0) is 15.9. The number of carboxylic acids is 1. The third-order valence-corrected chi connectivity index (χ3v) is 4.58. The van der Waals surface area contributed by atoms with Gasteiger partial charge in [0.05, 0.1) is 30.8 Å². The van der Waals surface area contributed by atoms with Crippen LogP contribution >= 0.6 is 0 Å². The van der Waals surface area contributed by atoms with Crippen LogP contribution in [0, 0.1) is 11.3 Å². The first-order valence-corrected chi connectivity index (χ1v) is 7.95. The number of aliphatic carboxylic acids is 1. The second-order valence-corrected chi connectivity index (χ2v) is 6.41. The van der Waals surface area contributed by atoms with E-state index in [0.29, 0.717) is 25.4 Å². The number of carbonyl (C=O) groups is 1. The third kappa shape index (κ3) is 5.57. The van der Waals surface area contributed by atoms with Crippen LogP contribution in [0.5, 0.6) is 0 Å². The molecular formula is C16H30O5. The molecule has 0 aromatic heterocycles. The van der Waals surface area contributed by atoms with E-state index in [-0.39, 0.29) is 19.1 Å². The summed E-state index contributed by atoms with van der Waals surface area (Å²) in [5, 5.41) is 19.8. The van der Waals surface area contributed by atoms with Crippen LogP contribution in [0.15, 0.2) is 0 Å². The van der Waals surface area contributed by atoms with Crippen LogP contribution in [-0.4, -0.2) is 48.7 Å². The number of aliphatic hydroxyl groups excluding tert-OH is 1. The van der Waals surface area contributed by atoms with Gasteiger partial charge in [-0.3, -0.25) is 4.79 Å². The van der Waals surface area contributed by atoms with Gasteiger partial charge in [0.2, 0.25) is 0 Å². The predicted molar refractivity (Wildman–Crippen MR) is 80.2 cm³/mol. The molecule has 5 heteroatoms. The number of rotatable bonds is 9. The molecule has 0 saturated heterocycles. The minimum atomic E-state index is -0.786. The van der Waals surface area contributed by atoms with Crippen LogP contribution in [0.3, 0.4) is 0 Å². The van der Waals surface area contributed by atoms with E-state index in [4.69, 9.17) is 9.47 Å². The van der Waals surface area contributed by atoms with Crippen molar-refractivity contribution in [2.24, 2.45) is 11.3 Å². The Morgan fingerprint density at radius 1 is 1.43 bits per heavy atom. The number of aliphatic hydroxyl groups is 1. The summed E-state index contributed by atoms with van der Waals surface area (Å²) in [7, 11) is 1.60. The van der Waals surface area contributed by atoms with Gasteiger partial charge in [-0.25, -0.2) is 0 Å². The van der Waals surface area contributed by atoms with Crippen LogP contribution in [0.1, 0.15) is 52.4 Å². The van der Waals surface area contributed by atoms with E-state index in [1.165, 1.54) is 0 Å². The Kier molecular flexibility index (Phi) is 7.63. The van der Waals surface area contributed by atoms with Crippen molar-refractivity contribution in [1.82, 2.24) is 0 Å². The summed E-state index contributed by atoms with van der Waals surface area (Å²) >= 11 is 0. The summed E-state index contributed by atoms with van der Waals surface area (Å²) < 4.78 is 10.5. The quantitative estimate of drug-likeness (QED) is 0.684. The van der Waals surface area contributed by atoms with E-state index in [0.717, 1.165) is 19.3 Å². The zero-order valence-electron chi connectivity index (χ0n) is 13.5. The molecule has 0 aliphatic heterocycles. The molecule has 5 nitrogen and oxygen atoms in total. The Balaban J connectivity index is 2.55. The van der Waals surface area contributed by atoms with E-state index in [1.807, 2.05) is 6.92 Å². The molecule has 0 radical (unpaired) electrons. The molecular weight excluding hydrogens is 272 g/mol. The standard InChI is InChI=1S/C16H30O5/c1-4-13-6-5-7-16(8-13,15(18)19)9-14(17)11-21-12(2)10-20-3/h12-14,17H,4-11H2,1-3H3,(H,18,19). The molecule has 4 atom stereocenters. The smallest absolute Gasteiger partial charge is 0.309 e. The van der Waals surface area contributed by atoms with Gasteiger partial charge in [-0.2, -0.15) is 0 Å². The average molecular weight is 302 g/mol. The highest BCUT2D eigenvalue weighted by molar-refractivity contribution is 5.74. The SMILES string of the molecule is CCC1CCCC(CC(O)COC(C)COC)(C(=O)O)C1. The summed E-state index contributed by atoms with van der Waals surface area (Å²) in [6.45, 7) is 4.61. The Morgan fingerprint density at radius 3 is 2.71 bits per heavy atom. The highest BCUT2D eigenvalue weighted by Crippen LogP contribution is 2.44. The van der Waals surface area contributed by atoms with Crippen molar-refractivity contribution in [2.75, 3.05) is 20.3 Å². The Hall–Kier alpha value is -0.650. The first-order chi connectivity index (χ1) is 9.93. The molecule has 21 heavy (non-hydrogen) atoms. The Labute approximate surface area is 127 Å². The molecule has 2 N–H and O–H groups in total. The molecule has 1 aliphatic carbocycles. The van der Waals surface area contributed by atoms with Crippen LogP contribution < -0.4 is 0 Å². The maximum atomic E-state index is 11.7. The normalized spacial score (nSPS) is 29.0. The summed E-state index contributed by atoms with van der Waals surface area (Å²) in [6.07, 6.45) is 3.80. The summed E-state index contributed by atoms with van der Waals surface area (Å²) in [4.78, 5) is 11.7. The third-order valence-electron chi connectivity index (χ3n) is 4.58. The second-order valence-electron chi connectivity index (χ2n) is 6.41. The summed E-state index contributed by atoms with van der Waals surface area (Å²) in [6, 6.07) is 0. The van der Waals surface area contributed by atoms with Gasteiger partial charge in [0.15, 0.2) is 0 Å². The topological polar surface area (TPSA) is 76.0 Å². The van der Waals surface area contributed by atoms with E-state index >= 15 is 0 Å². The molecule has 1 aliphatic rings. The van der Waals surface area contributed by atoms with Crippen molar-refractivity contribution in [2.45, 2.75) is 64.6 Å². The maximum Gasteiger partial charge on any atom is 0.309 e. The first kappa shape index (κ1) is 18.4. The fourth-order valence-corrected chi connectivity index (χ4v) is 3.37. The second kappa shape index (κ2) is 8.71. The number of methoxy groups -OCH3 is 1. The lowest BCUT2D eigenvalue weighted by molar-refractivity contribution is -0.156. The predicted octanol–water partition coefficient (Wildman–Crippen LogP) is 2.46. The molecule has 1 saturated carbocycles. The molecule has 0 aromatic rings. The molecule has 1 rings (SSSR count). The van der Waals surface area contributed by atoms with Crippen molar-refractivity contribution >= 4 is 5.97 Å². The van der Waals surface area contributed by atoms with Gasteiger partial charge in [0, 0.05) is 7.11 Å². The fourth-order valence-electron chi connectivity index (χ4n) is 3.37. The van der Waals surface area contributed by atoms with Crippen molar-refractivity contribution in [3.05, 3.63) is 0 Å². The van der Waals surface area contributed by atoms with Gasteiger partial charge in [0.25, 0.3) is 0 Å². The molecule has 4 unspecified atom stereocenters. The zero-order valence-corrected chi connectivity index (χ0v) is 13.5. The summed E-state index contributed by atoms with van der Waals surface area (Å²) in [5.74, 6) is -0.319. The van der Waals surface area contributed by atoms with Gasteiger partial charge in [-0.05, 0) is 32.1 Å². The first-order valence-electron chi connectivity index (χ1n) is 7.95. The lowest BCUT2D eigenvalue weighted by atomic mass is 9.66. The van der Waals surface area contributed by atoms with E-state index in [2.05, 4.69) is 6.92 Å². The van der Waals surface area contributed by atoms with E-state index < -0.39 is 17.5 Å². The number of hydrogen-bond donors (Lipinski definition) is 2. The largest absolute Gasteiger partial charge is 0.481 e. The average Bonchev–Trinajstić information content (AvgIpc) is 2.45. The minimum Gasteiger partial charge on any atom is -0.481 e. The molecule has 1 fully saturated rings. The van der Waals surface area contributed by atoms with Crippen LogP contribution in [0.2, 0.25) is 0 Å². The van der Waals surface area contributed by atoms with Gasteiger partial charge in [-0.1, -0.05) is 26.2 Å². The van der Waals surface area contributed by atoms with Crippen LogP contribution in [0.4, 0.5) is 0 Å². The Bertz CT molecular complexity index is 320. The molecule has 124 valence electrons. The van der Waals surface area contributed by atoms with Crippen molar-refractivity contribution in [3.8, 4) is 0 Å². The van der Waals surface area contributed by atoms with Crippen molar-refractivity contribution in [3.63, 3.8) is 0 Å². The molecule has 0 spiro atoms. The van der Waals surface area contributed by atoms with Gasteiger partial charge in [-0.15, -0.1) is 0 Å². The lowest BCUT2D eigenvalue weighted by Crippen LogP contribution is -2.40. The maximum absolute atomic E-state index is 11.7. The van der Waals surface area contributed by atoms with E-state index in [1.54, 1.807) is 7.11 Å². The van der Waals surface area contributed by atoms with E-state index in [9.17, 15) is 15.0 Å². The summed E-state index contributed by atoms with van der Waals surface area (Å²) in [5.41, 5.74) is -0.786. The van der Waals surface area contributed by atoms with Gasteiger partial charge < -0.3 is 19.7 Å². The molecule has 0 amide bonds. The van der Waals surface area contributed by atoms with Crippen LogP contribution in [-0.2, 0) is 14.3 Å². The number of carboxylic acid groups (broad SMARTS) is 1. The fraction of sp³-hybridized carbons (Fsp3) is 0.938. The molecule has 0 heterocycles. The number of ether oxygens (including phenoxy) is 2. The highest BCUT2D eigenvalue weighted by atomic mass is 16.5. The lowest BCUT2D eigenvalue weighted by Gasteiger charge is -2.38. The molecule has 0 aromatic carbocycles. The Morgan fingerprint density at radius 2 is 2.14 bits per heavy atom. The van der Waals surface area contributed by atoms with Crippen LogP contribution in [0.25, 0.3) is 0 Å².